The molecular weight excluding hydrogens is 255 g/mol. The summed E-state index contributed by atoms with van der Waals surface area (Å²) in [4.78, 5) is 14.0. The number of aryl methyl sites for hydroxylation is 1. The lowest BCUT2D eigenvalue weighted by molar-refractivity contribution is 0.0988. The molecule has 20 heavy (non-hydrogen) atoms. The Labute approximate surface area is 117 Å². The zero-order valence-electron chi connectivity index (χ0n) is 11.6. The van der Waals surface area contributed by atoms with E-state index in [9.17, 15) is 9.18 Å². The highest BCUT2D eigenvalue weighted by atomic mass is 19.1. The Balaban J connectivity index is 2.39. The molecule has 0 saturated carbocycles. The van der Waals surface area contributed by atoms with Crippen LogP contribution in [0.5, 0.6) is 0 Å². The molecule has 0 aliphatic heterocycles. The molecule has 4 heteroatoms. The predicted molar refractivity (Wildman–Crippen MR) is 79.3 cm³/mol. The van der Waals surface area contributed by atoms with E-state index in [0.29, 0.717) is 29.0 Å². The molecule has 0 bridgehead atoms. The SMILES string of the molecule is CCN(C(=O)c1ccc(C)c(F)c1)c1ccccc1N. The maximum atomic E-state index is 13.6. The Hall–Kier alpha value is -2.36. The lowest BCUT2D eigenvalue weighted by Gasteiger charge is -2.22. The molecule has 3 nitrogen and oxygen atoms in total. The van der Waals surface area contributed by atoms with Crippen LogP contribution in [0.15, 0.2) is 42.5 Å². The largest absolute Gasteiger partial charge is 0.397 e. The number of amides is 1. The lowest BCUT2D eigenvalue weighted by Crippen LogP contribution is -2.31. The summed E-state index contributed by atoms with van der Waals surface area (Å²) in [5.41, 5.74) is 7.90. The van der Waals surface area contributed by atoms with Crippen molar-refractivity contribution in [3.63, 3.8) is 0 Å². The fourth-order valence-electron chi connectivity index (χ4n) is 2.04. The fraction of sp³-hybridized carbons (Fsp3) is 0.188. The average molecular weight is 272 g/mol. The third-order valence-corrected chi connectivity index (χ3v) is 3.21. The summed E-state index contributed by atoms with van der Waals surface area (Å²) in [6.45, 7) is 3.98. The Kier molecular flexibility index (Phi) is 4.03. The number of nitrogens with zero attached hydrogens (tertiary/aromatic N) is 1. The molecule has 0 aliphatic rings. The highest BCUT2D eigenvalue weighted by Gasteiger charge is 2.18. The summed E-state index contributed by atoms with van der Waals surface area (Å²) in [5, 5.41) is 0. The molecule has 2 rings (SSSR count). The van der Waals surface area contributed by atoms with E-state index >= 15 is 0 Å². The van der Waals surface area contributed by atoms with Crippen LogP contribution in [0, 0.1) is 12.7 Å². The molecule has 0 aliphatic carbocycles. The van der Waals surface area contributed by atoms with Crippen LogP contribution < -0.4 is 10.6 Å². The number of carbonyl (C=O) groups excluding carboxylic acids is 1. The van der Waals surface area contributed by atoms with Crippen molar-refractivity contribution in [1.29, 1.82) is 0 Å². The summed E-state index contributed by atoms with van der Waals surface area (Å²) in [6.07, 6.45) is 0. The van der Waals surface area contributed by atoms with Gasteiger partial charge in [0.05, 0.1) is 11.4 Å². The number of anilines is 2. The van der Waals surface area contributed by atoms with Gasteiger partial charge in [-0.05, 0) is 43.7 Å². The number of halogens is 1. The van der Waals surface area contributed by atoms with Crippen LogP contribution >= 0.6 is 0 Å². The third-order valence-electron chi connectivity index (χ3n) is 3.21. The van der Waals surface area contributed by atoms with Gasteiger partial charge in [0.25, 0.3) is 5.91 Å². The Bertz CT molecular complexity index is 640. The Morgan fingerprint density at radius 2 is 1.95 bits per heavy atom. The molecule has 0 atom stereocenters. The van der Waals surface area contributed by atoms with Gasteiger partial charge in [0.2, 0.25) is 0 Å². The van der Waals surface area contributed by atoms with Crippen LogP contribution in [0.4, 0.5) is 15.8 Å². The second-order valence-corrected chi connectivity index (χ2v) is 4.57. The van der Waals surface area contributed by atoms with Crippen molar-refractivity contribution < 1.29 is 9.18 Å². The number of hydrogen-bond acceptors (Lipinski definition) is 2. The molecule has 2 aromatic rings. The number of benzene rings is 2. The normalized spacial score (nSPS) is 10.3. The van der Waals surface area contributed by atoms with Gasteiger partial charge in [-0.25, -0.2) is 4.39 Å². The fourth-order valence-corrected chi connectivity index (χ4v) is 2.04. The first kappa shape index (κ1) is 14.1. The maximum absolute atomic E-state index is 13.6. The van der Waals surface area contributed by atoms with Crippen LogP contribution in [0.1, 0.15) is 22.8 Å². The first-order chi connectivity index (χ1) is 9.54. The smallest absolute Gasteiger partial charge is 0.258 e. The molecule has 2 N–H and O–H groups in total. The molecule has 0 aromatic heterocycles. The zero-order valence-corrected chi connectivity index (χ0v) is 11.6. The topological polar surface area (TPSA) is 46.3 Å². The van der Waals surface area contributed by atoms with Gasteiger partial charge in [0, 0.05) is 12.1 Å². The van der Waals surface area contributed by atoms with Crippen molar-refractivity contribution in [2.24, 2.45) is 0 Å². The third kappa shape index (κ3) is 2.64. The van der Waals surface area contributed by atoms with Crippen LogP contribution in [0.3, 0.4) is 0 Å². The minimum absolute atomic E-state index is 0.260. The highest BCUT2D eigenvalue weighted by Crippen LogP contribution is 2.24. The number of nitrogen functional groups attached to an aromatic ring is 1. The van der Waals surface area contributed by atoms with Crippen LogP contribution in [0.2, 0.25) is 0 Å². The van der Waals surface area contributed by atoms with Crippen molar-refractivity contribution >= 4 is 17.3 Å². The van der Waals surface area contributed by atoms with E-state index in [1.165, 1.54) is 6.07 Å². The predicted octanol–water partition coefficient (Wildman–Crippen LogP) is 3.38. The van der Waals surface area contributed by atoms with Crippen LogP contribution in [0.25, 0.3) is 0 Å². The molecule has 2 aromatic carbocycles. The summed E-state index contributed by atoms with van der Waals surface area (Å²) in [5.74, 6) is -0.641. The molecule has 0 unspecified atom stereocenters. The Morgan fingerprint density at radius 3 is 2.55 bits per heavy atom. The first-order valence-corrected chi connectivity index (χ1v) is 6.47. The van der Waals surface area contributed by atoms with Gasteiger partial charge in [-0.1, -0.05) is 18.2 Å². The first-order valence-electron chi connectivity index (χ1n) is 6.47. The number of para-hydroxylation sites is 2. The summed E-state index contributed by atoms with van der Waals surface area (Å²) in [6, 6.07) is 11.6. The van der Waals surface area contributed by atoms with E-state index in [1.807, 2.05) is 19.1 Å². The van der Waals surface area contributed by atoms with E-state index < -0.39 is 0 Å². The van der Waals surface area contributed by atoms with Crippen molar-refractivity contribution in [2.45, 2.75) is 13.8 Å². The van der Waals surface area contributed by atoms with Crippen molar-refractivity contribution in [2.75, 3.05) is 17.2 Å². The summed E-state index contributed by atoms with van der Waals surface area (Å²) < 4.78 is 13.6. The van der Waals surface area contributed by atoms with Gasteiger partial charge < -0.3 is 10.6 Å². The molecule has 104 valence electrons. The van der Waals surface area contributed by atoms with E-state index in [1.54, 1.807) is 36.1 Å². The maximum Gasteiger partial charge on any atom is 0.258 e. The second kappa shape index (κ2) is 5.74. The summed E-state index contributed by atoms with van der Waals surface area (Å²) in [7, 11) is 0. The number of rotatable bonds is 3. The van der Waals surface area contributed by atoms with Crippen molar-refractivity contribution in [3.05, 3.63) is 59.4 Å². The van der Waals surface area contributed by atoms with Gasteiger partial charge in [-0.3, -0.25) is 4.79 Å². The molecule has 0 spiro atoms. The molecule has 0 heterocycles. The van der Waals surface area contributed by atoms with E-state index in [-0.39, 0.29) is 11.7 Å². The van der Waals surface area contributed by atoms with Crippen LogP contribution in [-0.2, 0) is 0 Å². The quantitative estimate of drug-likeness (QED) is 0.871. The summed E-state index contributed by atoms with van der Waals surface area (Å²) >= 11 is 0. The van der Waals surface area contributed by atoms with E-state index in [4.69, 9.17) is 5.73 Å². The molecular formula is C16H17FN2O. The number of carbonyl (C=O) groups is 1. The van der Waals surface area contributed by atoms with Gasteiger partial charge in [0.15, 0.2) is 0 Å². The Morgan fingerprint density at radius 1 is 1.25 bits per heavy atom. The minimum atomic E-state index is -0.382. The number of hydrogen-bond donors (Lipinski definition) is 1. The molecule has 1 amide bonds. The molecule has 0 saturated heterocycles. The average Bonchev–Trinajstić information content (AvgIpc) is 2.44. The monoisotopic (exact) mass is 272 g/mol. The van der Waals surface area contributed by atoms with Gasteiger partial charge >= 0.3 is 0 Å². The van der Waals surface area contributed by atoms with Gasteiger partial charge in [-0.15, -0.1) is 0 Å². The molecule has 0 fully saturated rings. The number of nitrogens with two attached hydrogens (primary N) is 1. The highest BCUT2D eigenvalue weighted by molar-refractivity contribution is 6.07. The van der Waals surface area contributed by atoms with Gasteiger partial charge in [0.1, 0.15) is 5.82 Å². The van der Waals surface area contributed by atoms with E-state index in [2.05, 4.69) is 0 Å². The zero-order chi connectivity index (χ0) is 14.7. The van der Waals surface area contributed by atoms with Gasteiger partial charge in [-0.2, -0.15) is 0 Å². The van der Waals surface area contributed by atoms with E-state index in [0.717, 1.165) is 0 Å². The standard InChI is InChI=1S/C16H17FN2O/c1-3-19(15-7-5-4-6-14(15)18)16(20)12-9-8-11(2)13(17)10-12/h4-10H,3,18H2,1-2H3. The van der Waals surface area contributed by atoms with Crippen molar-refractivity contribution in [3.8, 4) is 0 Å². The van der Waals surface area contributed by atoms with Crippen LogP contribution in [-0.4, -0.2) is 12.5 Å². The minimum Gasteiger partial charge on any atom is -0.397 e. The lowest BCUT2D eigenvalue weighted by atomic mass is 10.1. The molecule has 0 radical (unpaired) electrons. The second-order valence-electron chi connectivity index (χ2n) is 4.57. The van der Waals surface area contributed by atoms with Crippen molar-refractivity contribution in [1.82, 2.24) is 0 Å².